The fourth-order valence-electron chi connectivity index (χ4n) is 2.99. The van der Waals surface area contributed by atoms with E-state index in [4.69, 9.17) is 4.74 Å². The summed E-state index contributed by atoms with van der Waals surface area (Å²) < 4.78 is 8.39. The molecule has 2 aromatic rings. The first-order chi connectivity index (χ1) is 9.91. The number of ketones is 1. The van der Waals surface area contributed by atoms with Crippen molar-refractivity contribution >= 4 is 21.7 Å². The van der Waals surface area contributed by atoms with Crippen molar-refractivity contribution in [2.24, 2.45) is 5.41 Å². The Morgan fingerprint density at radius 2 is 2.00 bits per heavy atom. The van der Waals surface area contributed by atoms with Gasteiger partial charge in [0.1, 0.15) is 5.75 Å². The molecule has 1 aromatic heterocycles. The largest absolute Gasteiger partial charge is 0.495 e. The summed E-state index contributed by atoms with van der Waals surface area (Å²) in [5.74, 6) is 1.03. The number of Topliss-reactive ketones (excluding diaryl/α,β-unsaturated/α-hetero) is 1. The van der Waals surface area contributed by atoms with Crippen LogP contribution in [0.4, 0.5) is 0 Å². The molecule has 1 heterocycles. The fourth-order valence-corrected chi connectivity index (χ4v) is 3.39. The summed E-state index contributed by atoms with van der Waals surface area (Å²) in [5.41, 5.74) is 2.98. The quantitative estimate of drug-likeness (QED) is 0.805. The van der Waals surface area contributed by atoms with Crippen molar-refractivity contribution in [3.63, 3.8) is 0 Å². The maximum Gasteiger partial charge on any atom is 0.165 e. The Morgan fingerprint density at radius 1 is 1.24 bits per heavy atom. The van der Waals surface area contributed by atoms with Crippen molar-refractivity contribution in [2.45, 2.75) is 26.7 Å². The first-order valence-electron chi connectivity index (χ1n) is 6.99. The van der Waals surface area contributed by atoms with Gasteiger partial charge < -0.3 is 9.30 Å². The molecule has 21 heavy (non-hydrogen) atoms. The van der Waals surface area contributed by atoms with Crippen molar-refractivity contribution in [3.8, 4) is 11.4 Å². The van der Waals surface area contributed by atoms with Gasteiger partial charge in [0, 0.05) is 35.6 Å². The number of halogens is 1. The van der Waals surface area contributed by atoms with Gasteiger partial charge in [0.2, 0.25) is 0 Å². The predicted octanol–water partition coefficient (Wildman–Crippen LogP) is 4.40. The summed E-state index contributed by atoms with van der Waals surface area (Å²) in [6.45, 7) is 4.29. The van der Waals surface area contributed by atoms with Gasteiger partial charge in [-0.2, -0.15) is 0 Å². The molecule has 0 aliphatic heterocycles. The highest BCUT2D eigenvalue weighted by molar-refractivity contribution is 9.10. The highest BCUT2D eigenvalue weighted by atomic mass is 79.9. The number of hydrogen-bond donors (Lipinski definition) is 0. The summed E-state index contributed by atoms with van der Waals surface area (Å²) in [6, 6.07) is 7.91. The van der Waals surface area contributed by atoms with E-state index in [9.17, 15) is 4.79 Å². The smallest absolute Gasteiger partial charge is 0.165 e. The number of benzene rings is 1. The van der Waals surface area contributed by atoms with Gasteiger partial charge in [-0.25, -0.2) is 0 Å². The third-order valence-electron chi connectivity index (χ3n) is 3.99. The molecule has 0 bridgehead atoms. The van der Waals surface area contributed by atoms with Gasteiger partial charge in [-0.15, -0.1) is 0 Å². The Hall–Kier alpha value is -1.55. The van der Waals surface area contributed by atoms with E-state index < -0.39 is 0 Å². The average molecular weight is 348 g/mol. The number of nitrogens with zero attached hydrogens (tertiary/aromatic N) is 1. The highest BCUT2D eigenvalue weighted by Gasteiger charge is 2.33. The molecule has 3 rings (SSSR count). The summed E-state index contributed by atoms with van der Waals surface area (Å²) in [5, 5.41) is 0. The van der Waals surface area contributed by atoms with Gasteiger partial charge in [0.15, 0.2) is 5.78 Å². The molecule has 0 unspecified atom stereocenters. The molecule has 0 saturated carbocycles. The maximum atomic E-state index is 12.3. The van der Waals surface area contributed by atoms with Crippen molar-refractivity contribution in [3.05, 3.63) is 46.2 Å². The zero-order valence-electron chi connectivity index (χ0n) is 12.4. The van der Waals surface area contributed by atoms with E-state index in [0.29, 0.717) is 6.42 Å². The molecule has 0 radical (unpaired) electrons. The molecule has 1 aliphatic carbocycles. The van der Waals surface area contributed by atoms with Crippen molar-refractivity contribution < 1.29 is 9.53 Å². The number of fused-ring (bicyclic) bond motifs is 1. The minimum absolute atomic E-state index is 0.0135. The molecule has 0 N–H and O–H groups in total. The first kappa shape index (κ1) is 14.4. The second-order valence-corrected chi connectivity index (χ2v) is 7.16. The molecular weight excluding hydrogens is 330 g/mol. The van der Waals surface area contributed by atoms with E-state index in [2.05, 4.69) is 34.3 Å². The third-order valence-corrected chi connectivity index (χ3v) is 4.65. The SMILES string of the molecule is COc1cc(-n2ccc3c2CC(C)(C)CC3=O)ccc1Br. The summed E-state index contributed by atoms with van der Waals surface area (Å²) in [6.07, 6.45) is 3.50. The lowest BCUT2D eigenvalue weighted by molar-refractivity contribution is 0.0911. The molecule has 110 valence electrons. The van der Waals surface area contributed by atoms with Crippen LogP contribution in [0.25, 0.3) is 5.69 Å². The van der Waals surface area contributed by atoms with Crippen LogP contribution in [0.2, 0.25) is 0 Å². The van der Waals surface area contributed by atoms with E-state index in [1.54, 1.807) is 7.11 Å². The Kier molecular flexibility index (Phi) is 3.44. The number of aromatic nitrogens is 1. The molecule has 0 spiro atoms. The van der Waals surface area contributed by atoms with Gasteiger partial charge in [0.25, 0.3) is 0 Å². The minimum Gasteiger partial charge on any atom is -0.495 e. The van der Waals surface area contributed by atoms with Crippen LogP contribution in [-0.2, 0) is 6.42 Å². The molecule has 0 atom stereocenters. The predicted molar refractivity (Wildman–Crippen MR) is 86.5 cm³/mol. The first-order valence-corrected chi connectivity index (χ1v) is 7.78. The van der Waals surface area contributed by atoms with Crippen molar-refractivity contribution in [1.29, 1.82) is 0 Å². The Labute approximate surface area is 133 Å². The van der Waals surface area contributed by atoms with Gasteiger partial charge >= 0.3 is 0 Å². The fraction of sp³-hybridized carbons (Fsp3) is 0.353. The summed E-state index contributed by atoms with van der Waals surface area (Å²) >= 11 is 3.47. The third kappa shape index (κ3) is 2.53. The van der Waals surface area contributed by atoms with Crippen LogP contribution >= 0.6 is 15.9 Å². The van der Waals surface area contributed by atoms with Crippen LogP contribution in [0.3, 0.4) is 0 Å². The van der Waals surface area contributed by atoms with Crippen LogP contribution in [0, 0.1) is 5.41 Å². The lowest BCUT2D eigenvalue weighted by Gasteiger charge is -2.29. The van der Waals surface area contributed by atoms with Crippen LogP contribution in [0.5, 0.6) is 5.75 Å². The van der Waals surface area contributed by atoms with E-state index >= 15 is 0 Å². The number of ether oxygens (including phenoxy) is 1. The van der Waals surface area contributed by atoms with Gasteiger partial charge in [0.05, 0.1) is 11.6 Å². The van der Waals surface area contributed by atoms with E-state index in [1.807, 2.05) is 30.5 Å². The zero-order chi connectivity index (χ0) is 15.2. The molecule has 3 nitrogen and oxygen atoms in total. The van der Waals surface area contributed by atoms with Gasteiger partial charge in [-0.1, -0.05) is 13.8 Å². The molecule has 0 fully saturated rings. The summed E-state index contributed by atoms with van der Waals surface area (Å²) in [4.78, 5) is 12.3. The molecule has 1 aliphatic rings. The van der Waals surface area contributed by atoms with Crippen LogP contribution < -0.4 is 4.74 Å². The topological polar surface area (TPSA) is 31.2 Å². The number of rotatable bonds is 2. The summed E-state index contributed by atoms with van der Waals surface area (Å²) in [7, 11) is 1.65. The molecular formula is C17H18BrNO2. The lowest BCUT2D eigenvalue weighted by Crippen LogP contribution is -2.27. The van der Waals surface area contributed by atoms with Crippen molar-refractivity contribution in [1.82, 2.24) is 4.57 Å². The second kappa shape index (κ2) is 5.02. The average Bonchev–Trinajstić information content (AvgIpc) is 2.82. The maximum absolute atomic E-state index is 12.3. The standard InChI is InChI=1S/C17H18BrNO2/c1-17(2)9-14-12(15(20)10-17)6-7-19(14)11-4-5-13(18)16(8-11)21-3/h4-8H,9-10H2,1-3H3. The lowest BCUT2D eigenvalue weighted by atomic mass is 9.76. The van der Waals surface area contributed by atoms with Crippen LogP contribution in [-0.4, -0.2) is 17.5 Å². The van der Waals surface area contributed by atoms with E-state index in [0.717, 1.165) is 33.6 Å². The normalized spacial score (nSPS) is 16.7. The van der Waals surface area contributed by atoms with Crippen LogP contribution in [0.1, 0.15) is 36.3 Å². The second-order valence-electron chi connectivity index (χ2n) is 6.31. The van der Waals surface area contributed by atoms with Gasteiger partial charge in [-0.05, 0) is 46.0 Å². The molecule has 0 saturated heterocycles. The Balaban J connectivity index is 2.11. The number of carbonyl (C=O) groups is 1. The molecule has 4 heteroatoms. The molecule has 1 aromatic carbocycles. The number of hydrogen-bond acceptors (Lipinski definition) is 2. The highest BCUT2D eigenvalue weighted by Crippen LogP contribution is 2.37. The minimum atomic E-state index is 0.0135. The monoisotopic (exact) mass is 347 g/mol. The van der Waals surface area contributed by atoms with E-state index in [-0.39, 0.29) is 11.2 Å². The van der Waals surface area contributed by atoms with Gasteiger partial charge in [-0.3, -0.25) is 4.79 Å². The molecule has 0 amide bonds. The van der Waals surface area contributed by atoms with Crippen LogP contribution in [0.15, 0.2) is 34.9 Å². The van der Waals surface area contributed by atoms with Crippen molar-refractivity contribution in [2.75, 3.05) is 7.11 Å². The number of carbonyl (C=O) groups excluding carboxylic acids is 1. The zero-order valence-corrected chi connectivity index (χ0v) is 14.0. The Bertz CT molecular complexity index is 716. The number of methoxy groups -OCH3 is 1. The van der Waals surface area contributed by atoms with E-state index in [1.165, 1.54) is 0 Å². The Morgan fingerprint density at radius 3 is 2.71 bits per heavy atom.